The Balaban J connectivity index is 2.18. The van der Waals surface area contributed by atoms with Crippen molar-refractivity contribution >= 4 is 17.4 Å². The lowest BCUT2D eigenvalue weighted by molar-refractivity contribution is -0.140. The average Bonchev–Trinajstić information content (AvgIpc) is 3.14. The van der Waals surface area contributed by atoms with Crippen molar-refractivity contribution in [3.63, 3.8) is 0 Å². The van der Waals surface area contributed by atoms with Crippen molar-refractivity contribution in [2.75, 3.05) is 55.1 Å². The number of carbonyl (C=O) groups excluding carboxylic acids is 2. The van der Waals surface area contributed by atoms with Gasteiger partial charge in [-0.1, -0.05) is 12.7 Å². The predicted octanol–water partition coefficient (Wildman–Crippen LogP) is 3.26. The number of nitrogens with zero attached hydrogens (tertiary/aromatic N) is 2. The molecule has 1 aliphatic rings. The van der Waals surface area contributed by atoms with Gasteiger partial charge in [0.05, 0.1) is 32.9 Å². The van der Waals surface area contributed by atoms with Gasteiger partial charge in [0.25, 0.3) is 11.7 Å². The fourth-order valence-corrected chi connectivity index (χ4v) is 4.04. The van der Waals surface area contributed by atoms with Crippen LogP contribution in [0.25, 0.3) is 5.76 Å². The quantitative estimate of drug-likeness (QED) is 0.219. The van der Waals surface area contributed by atoms with Gasteiger partial charge < -0.3 is 33.9 Å². The fourth-order valence-electron chi connectivity index (χ4n) is 4.04. The molecule has 0 spiro atoms. The molecule has 3 rings (SSSR count). The largest absolute Gasteiger partial charge is 0.507 e. The molecule has 9 nitrogen and oxygen atoms in total. The first-order valence-corrected chi connectivity index (χ1v) is 11.3. The molecule has 0 aromatic heterocycles. The van der Waals surface area contributed by atoms with E-state index in [1.165, 1.54) is 26.2 Å². The van der Waals surface area contributed by atoms with Crippen LogP contribution in [0.5, 0.6) is 23.0 Å². The molecule has 1 N–H and O–H groups in total. The molecule has 0 unspecified atom stereocenters. The number of carbonyl (C=O) groups is 2. The first kappa shape index (κ1) is 26.6. The Morgan fingerprint density at radius 2 is 1.67 bits per heavy atom. The zero-order valence-corrected chi connectivity index (χ0v) is 21.2. The van der Waals surface area contributed by atoms with E-state index < -0.39 is 17.7 Å². The smallest absolute Gasteiger partial charge is 0.295 e. The molecule has 2 aromatic carbocycles. The topological polar surface area (TPSA) is 97.8 Å². The first-order valence-electron chi connectivity index (χ1n) is 11.3. The Hall–Kier alpha value is -3.98. The lowest BCUT2D eigenvalue weighted by Gasteiger charge is -2.27. The van der Waals surface area contributed by atoms with Gasteiger partial charge in [0, 0.05) is 18.7 Å². The Labute approximate surface area is 211 Å². The van der Waals surface area contributed by atoms with Gasteiger partial charge in [-0.05, 0) is 56.1 Å². The van der Waals surface area contributed by atoms with Crippen LogP contribution >= 0.6 is 0 Å². The predicted molar refractivity (Wildman–Crippen MR) is 136 cm³/mol. The number of likely N-dealkylation sites (N-methyl/N-ethyl adjacent to an activating group) is 1. The van der Waals surface area contributed by atoms with E-state index in [4.69, 9.17) is 18.9 Å². The van der Waals surface area contributed by atoms with E-state index in [2.05, 4.69) is 6.58 Å². The third-order valence-corrected chi connectivity index (χ3v) is 5.83. The number of aliphatic hydroxyl groups is 1. The number of methoxy groups -OCH3 is 3. The van der Waals surface area contributed by atoms with Crippen LogP contribution in [0.15, 0.2) is 54.6 Å². The summed E-state index contributed by atoms with van der Waals surface area (Å²) in [5, 5.41) is 11.3. The number of amides is 1. The lowest BCUT2D eigenvalue weighted by atomic mass is 9.94. The number of ketones is 1. The van der Waals surface area contributed by atoms with Crippen LogP contribution in [0.2, 0.25) is 0 Å². The van der Waals surface area contributed by atoms with Gasteiger partial charge in [-0.3, -0.25) is 9.59 Å². The lowest BCUT2D eigenvalue weighted by Crippen LogP contribution is -2.35. The molecule has 2 aromatic rings. The van der Waals surface area contributed by atoms with Crippen LogP contribution in [0.4, 0.5) is 0 Å². The van der Waals surface area contributed by atoms with Crippen LogP contribution in [0.3, 0.4) is 0 Å². The minimum atomic E-state index is -0.865. The van der Waals surface area contributed by atoms with Crippen LogP contribution in [-0.2, 0) is 9.59 Å². The maximum Gasteiger partial charge on any atom is 0.295 e. The number of hydrogen-bond acceptors (Lipinski definition) is 8. The zero-order chi connectivity index (χ0) is 26.4. The summed E-state index contributed by atoms with van der Waals surface area (Å²) in [5.41, 5.74) is 0.895. The molecular weight excluding hydrogens is 464 g/mol. The summed E-state index contributed by atoms with van der Waals surface area (Å²) in [6.45, 7) is 4.74. The number of rotatable bonds is 11. The number of aliphatic hydroxyl groups excluding tert-OH is 1. The summed E-state index contributed by atoms with van der Waals surface area (Å²) in [5.74, 6) is -0.0412. The number of Topliss-reactive ketones (excluding diaryl/α,β-unsaturated/α-hetero) is 1. The van der Waals surface area contributed by atoms with Gasteiger partial charge >= 0.3 is 0 Å². The van der Waals surface area contributed by atoms with Crippen LogP contribution < -0.4 is 18.9 Å². The summed E-state index contributed by atoms with van der Waals surface area (Å²) >= 11 is 0. The van der Waals surface area contributed by atoms with E-state index in [9.17, 15) is 14.7 Å². The minimum absolute atomic E-state index is 0.0206. The Morgan fingerprint density at radius 3 is 2.17 bits per heavy atom. The molecule has 0 radical (unpaired) electrons. The number of benzene rings is 2. The number of ether oxygens (including phenoxy) is 4. The Kier molecular flexibility index (Phi) is 8.60. The zero-order valence-electron chi connectivity index (χ0n) is 21.2. The van der Waals surface area contributed by atoms with Crippen molar-refractivity contribution < 1.29 is 33.6 Å². The van der Waals surface area contributed by atoms with E-state index in [0.29, 0.717) is 47.3 Å². The van der Waals surface area contributed by atoms with E-state index in [-0.39, 0.29) is 17.9 Å². The molecule has 1 aliphatic heterocycles. The van der Waals surface area contributed by atoms with Crippen LogP contribution in [0, 0.1) is 0 Å². The van der Waals surface area contributed by atoms with Gasteiger partial charge in [-0.2, -0.15) is 0 Å². The standard InChI is InChI=1S/C27H32N2O7/c1-7-14-36-19-10-8-17(9-11-19)24(30)22-23(29(13-12-28(2)3)27(32)25(22)31)18-15-20(33-4)26(35-6)21(16-18)34-5/h7-11,15-16,23,30H,1,12-14H2,2-6H3/t23-/m0/s1. The molecule has 0 aliphatic carbocycles. The van der Waals surface area contributed by atoms with Crippen molar-refractivity contribution in [3.05, 3.63) is 65.8 Å². The van der Waals surface area contributed by atoms with E-state index in [1.807, 2.05) is 19.0 Å². The molecule has 1 heterocycles. The second-order valence-corrected chi connectivity index (χ2v) is 8.38. The minimum Gasteiger partial charge on any atom is -0.507 e. The third-order valence-electron chi connectivity index (χ3n) is 5.83. The molecule has 9 heteroatoms. The molecule has 0 saturated carbocycles. The number of likely N-dealkylation sites (tertiary alicyclic amines) is 1. The van der Waals surface area contributed by atoms with E-state index >= 15 is 0 Å². The highest BCUT2D eigenvalue weighted by molar-refractivity contribution is 6.46. The maximum atomic E-state index is 13.3. The van der Waals surface area contributed by atoms with Crippen molar-refractivity contribution in [2.45, 2.75) is 6.04 Å². The Bertz CT molecular complexity index is 1130. The first-order chi connectivity index (χ1) is 17.3. The normalized spacial score (nSPS) is 16.8. The van der Waals surface area contributed by atoms with E-state index in [0.717, 1.165) is 0 Å². The van der Waals surface area contributed by atoms with Crippen LogP contribution in [0.1, 0.15) is 17.2 Å². The highest BCUT2D eigenvalue weighted by Crippen LogP contribution is 2.45. The summed E-state index contributed by atoms with van der Waals surface area (Å²) in [7, 11) is 8.22. The second kappa shape index (κ2) is 11.6. The fraction of sp³-hybridized carbons (Fsp3) is 0.333. The van der Waals surface area contributed by atoms with Crippen molar-refractivity contribution in [1.29, 1.82) is 0 Å². The molecular formula is C27H32N2O7. The summed E-state index contributed by atoms with van der Waals surface area (Å²) in [6.07, 6.45) is 1.63. The third kappa shape index (κ3) is 5.31. The van der Waals surface area contributed by atoms with Crippen molar-refractivity contribution in [1.82, 2.24) is 9.80 Å². The molecule has 1 saturated heterocycles. The Morgan fingerprint density at radius 1 is 1.06 bits per heavy atom. The molecule has 1 amide bonds. The molecule has 1 atom stereocenters. The molecule has 1 fully saturated rings. The maximum absolute atomic E-state index is 13.3. The highest BCUT2D eigenvalue weighted by Gasteiger charge is 2.46. The van der Waals surface area contributed by atoms with Gasteiger partial charge in [0.15, 0.2) is 11.5 Å². The van der Waals surface area contributed by atoms with Gasteiger partial charge in [0.1, 0.15) is 18.1 Å². The monoisotopic (exact) mass is 496 g/mol. The van der Waals surface area contributed by atoms with Crippen LogP contribution in [-0.4, -0.2) is 81.7 Å². The van der Waals surface area contributed by atoms with Gasteiger partial charge in [0.2, 0.25) is 5.75 Å². The summed E-state index contributed by atoms with van der Waals surface area (Å²) in [4.78, 5) is 29.8. The number of hydrogen-bond donors (Lipinski definition) is 1. The second-order valence-electron chi connectivity index (χ2n) is 8.38. The van der Waals surface area contributed by atoms with Gasteiger partial charge in [-0.25, -0.2) is 0 Å². The van der Waals surface area contributed by atoms with E-state index in [1.54, 1.807) is 42.5 Å². The molecule has 192 valence electrons. The summed E-state index contributed by atoms with van der Waals surface area (Å²) < 4.78 is 21.9. The van der Waals surface area contributed by atoms with Crippen molar-refractivity contribution in [2.24, 2.45) is 0 Å². The van der Waals surface area contributed by atoms with Crippen molar-refractivity contribution in [3.8, 4) is 23.0 Å². The SMILES string of the molecule is C=CCOc1ccc(C(O)=C2C(=O)C(=O)N(CCN(C)C)[C@H]2c2cc(OC)c(OC)c(OC)c2)cc1. The summed E-state index contributed by atoms with van der Waals surface area (Å²) in [6, 6.07) is 9.11. The molecule has 0 bridgehead atoms. The highest BCUT2D eigenvalue weighted by atomic mass is 16.5. The average molecular weight is 497 g/mol. The van der Waals surface area contributed by atoms with Gasteiger partial charge in [-0.15, -0.1) is 0 Å². The molecule has 36 heavy (non-hydrogen) atoms.